The lowest BCUT2D eigenvalue weighted by Gasteiger charge is -2.40. The third-order valence-corrected chi connectivity index (χ3v) is 11.9. The van der Waals surface area contributed by atoms with Crippen molar-refractivity contribution in [3.63, 3.8) is 0 Å². The van der Waals surface area contributed by atoms with Crippen molar-refractivity contribution in [2.45, 2.75) is 176 Å². The lowest BCUT2D eigenvalue weighted by molar-refractivity contribution is -0.154. The highest BCUT2D eigenvalue weighted by Gasteiger charge is 2.46. The number of nitrogens with two attached hydrogens (primary N) is 1. The van der Waals surface area contributed by atoms with Gasteiger partial charge in [0.15, 0.2) is 0 Å². The van der Waals surface area contributed by atoms with Gasteiger partial charge in [0.05, 0.1) is 6.04 Å². The number of rotatable bonds is 17. The van der Waals surface area contributed by atoms with Crippen molar-refractivity contribution in [3.8, 4) is 12.8 Å². The van der Waals surface area contributed by atoms with Gasteiger partial charge < -0.3 is 31.3 Å². The number of ether oxygens (including phenoxy) is 1. The fourth-order valence-corrected chi connectivity index (χ4v) is 8.74. The summed E-state index contributed by atoms with van der Waals surface area (Å²) < 4.78 is 5.87. The predicted octanol–water partition coefficient (Wildman–Crippen LogP) is 7.47. The van der Waals surface area contributed by atoms with E-state index in [1.807, 2.05) is 69.9 Å². The van der Waals surface area contributed by atoms with Crippen LogP contribution in [-0.4, -0.2) is 71.1 Å². The molecule has 1 heterocycles. The molecule has 3 fully saturated rings. The molecule has 12 nitrogen and oxygen atoms in total. The SMILES string of the molecule is C#C.CC.CC(C)CC(NC=O)C(=O)C(N)=O.CCCC(CC1CCC1)(NC(=O)NC(C(=O)N1CC[C@H](C(C)(C)C)C1C)C1CCCCC1)C(=O)OCc1ccccc1. The molecule has 12 heteroatoms. The van der Waals surface area contributed by atoms with Crippen LogP contribution < -0.4 is 21.7 Å². The number of hydrogen-bond acceptors (Lipinski definition) is 7. The molecule has 1 saturated heterocycles. The van der Waals surface area contributed by atoms with Crippen molar-refractivity contribution in [1.29, 1.82) is 0 Å². The molecule has 1 aromatic carbocycles. The first-order valence-corrected chi connectivity index (χ1v) is 22.0. The van der Waals surface area contributed by atoms with E-state index >= 15 is 0 Å². The van der Waals surface area contributed by atoms with E-state index in [1.165, 1.54) is 6.42 Å². The number of ketones is 1. The quantitative estimate of drug-likeness (QED) is 0.0545. The molecule has 2 saturated carbocycles. The number of amides is 5. The fraction of sp³-hybridized carbons (Fsp3) is 0.702. The van der Waals surface area contributed by atoms with Crippen LogP contribution in [0, 0.1) is 41.9 Å². The van der Waals surface area contributed by atoms with Crippen LogP contribution in [-0.2, 0) is 35.3 Å². The van der Waals surface area contributed by atoms with Gasteiger partial charge in [-0.3, -0.25) is 19.2 Å². The normalized spacial score (nSPS) is 19.8. The van der Waals surface area contributed by atoms with Crippen molar-refractivity contribution < 1.29 is 33.5 Å². The smallest absolute Gasteiger partial charge is 0.332 e. The van der Waals surface area contributed by atoms with Gasteiger partial charge in [-0.25, -0.2) is 9.59 Å². The number of nitrogens with one attached hydrogen (secondary N) is 3. The molecule has 332 valence electrons. The summed E-state index contributed by atoms with van der Waals surface area (Å²) in [7, 11) is 0. The van der Waals surface area contributed by atoms with E-state index in [4.69, 9.17) is 10.5 Å². The highest BCUT2D eigenvalue weighted by molar-refractivity contribution is 6.37. The topological polar surface area (TPSA) is 177 Å². The van der Waals surface area contributed by atoms with Crippen LogP contribution in [0.25, 0.3) is 0 Å². The molecular weight excluding hydrogens is 747 g/mol. The zero-order valence-electron chi connectivity index (χ0n) is 37.6. The maximum absolute atomic E-state index is 14.2. The molecule has 0 aromatic heterocycles. The molecule has 0 spiro atoms. The largest absolute Gasteiger partial charge is 0.459 e. The van der Waals surface area contributed by atoms with Crippen LogP contribution in [0.4, 0.5) is 4.79 Å². The lowest BCUT2D eigenvalue weighted by Crippen LogP contribution is -2.62. The Morgan fingerprint density at radius 1 is 0.949 bits per heavy atom. The van der Waals surface area contributed by atoms with Crippen LogP contribution in [0.15, 0.2) is 30.3 Å². The Morgan fingerprint density at radius 3 is 2.03 bits per heavy atom. The first kappa shape index (κ1) is 52.6. The van der Waals surface area contributed by atoms with Gasteiger partial charge >= 0.3 is 12.0 Å². The number of likely N-dealkylation sites (tertiary alicyclic amines) is 1. The fourth-order valence-electron chi connectivity index (χ4n) is 8.74. The van der Waals surface area contributed by atoms with Gasteiger partial charge in [-0.05, 0) is 80.1 Å². The summed E-state index contributed by atoms with van der Waals surface area (Å²) in [6, 6.07) is 7.99. The summed E-state index contributed by atoms with van der Waals surface area (Å²) in [5.74, 6) is -0.991. The summed E-state index contributed by atoms with van der Waals surface area (Å²) >= 11 is 0. The molecular formula is C47H77N5O7. The molecule has 5 N–H and O–H groups in total. The van der Waals surface area contributed by atoms with Crippen molar-refractivity contribution in [2.24, 2.45) is 34.8 Å². The number of urea groups is 1. The number of primary amides is 1. The second-order valence-corrected chi connectivity index (χ2v) is 17.6. The summed E-state index contributed by atoms with van der Waals surface area (Å²) in [6.45, 7) is 19.6. The van der Waals surface area contributed by atoms with E-state index in [-0.39, 0.29) is 41.8 Å². The Kier molecular flexibility index (Phi) is 23.8. The molecule has 59 heavy (non-hydrogen) atoms. The Morgan fingerprint density at radius 2 is 1.56 bits per heavy atom. The standard InChI is InChI=1S/C35H55N3O4.C8H14N2O3.C2H6.C2H2/c1-6-21-35(23-26-16-13-17-26,32(40)42-24-27-14-9-7-10-15-27)37-33(41)36-30(28-18-11-8-12-19-28)31(39)38-22-20-29(25(38)2)34(3,4)5;1-5(2)3-6(10-4-11)7(12)8(9)13;2*1-2/h7,9-10,14-15,25-26,28-30H,6,8,11-13,16-24H2,1-5H3,(H2,36,37,41);4-6H,3H2,1-2H3,(H2,9,13)(H,10,11);1-2H3;1-2H/t25?,29-,30?,35?;;;/m0.../s1. The highest BCUT2D eigenvalue weighted by Crippen LogP contribution is 2.40. The number of carbonyl (C=O) groups excluding carboxylic acids is 6. The summed E-state index contributed by atoms with van der Waals surface area (Å²) in [6.07, 6.45) is 20.1. The Balaban J connectivity index is 0.000000868. The number of hydrogen-bond donors (Lipinski definition) is 4. The van der Waals surface area contributed by atoms with Gasteiger partial charge in [0, 0.05) is 12.6 Å². The Hall–Kier alpha value is -4.40. The second kappa shape index (κ2) is 26.6. The highest BCUT2D eigenvalue weighted by atomic mass is 16.5. The molecule has 5 amide bonds. The minimum Gasteiger partial charge on any atom is -0.459 e. The van der Waals surface area contributed by atoms with Crippen molar-refractivity contribution in [3.05, 3.63) is 35.9 Å². The summed E-state index contributed by atoms with van der Waals surface area (Å²) in [5, 5.41) is 8.53. The molecule has 0 bridgehead atoms. The zero-order chi connectivity index (χ0) is 44.8. The van der Waals surface area contributed by atoms with Crippen molar-refractivity contribution in [2.75, 3.05) is 6.54 Å². The van der Waals surface area contributed by atoms with Gasteiger partial charge in [0.1, 0.15) is 18.2 Å². The summed E-state index contributed by atoms with van der Waals surface area (Å²) in [4.78, 5) is 75.6. The minimum atomic E-state index is -1.11. The molecule has 0 radical (unpaired) electrons. The molecule has 4 unspecified atom stereocenters. The number of nitrogens with zero attached hydrogens (tertiary/aromatic N) is 1. The number of benzene rings is 1. The average molecular weight is 824 g/mol. The molecule has 3 aliphatic rings. The van der Waals surface area contributed by atoms with Crippen LogP contribution in [0.3, 0.4) is 0 Å². The molecule has 1 aliphatic heterocycles. The van der Waals surface area contributed by atoms with Gasteiger partial charge in [-0.1, -0.05) is 131 Å². The maximum atomic E-state index is 14.2. The first-order valence-electron chi connectivity index (χ1n) is 22.0. The first-order chi connectivity index (χ1) is 28.0. The summed E-state index contributed by atoms with van der Waals surface area (Å²) in [5.41, 5.74) is 4.71. The van der Waals surface area contributed by atoms with Crippen LogP contribution in [0.1, 0.15) is 151 Å². The monoisotopic (exact) mass is 824 g/mol. The lowest BCUT2D eigenvalue weighted by atomic mass is 9.74. The van der Waals surface area contributed by atoms with E-state index < -0.39 is 35.3 Å². The Labute approximate surface area is 355 Å². The predicted molar refractivity (Wildman–Crippen MR) is 234 cm³/mol. The van der Waals surface area contributed by atoms with E-state index in [2.05, 4.69) is 56.5 Å². The van der Waals surface area contributed by atoms with Crippen molar-refractivity contribution >= 4 is 36.0 Å². The van der Waals surface area contributed by atoms with Gasteiger partial charge in [0.25, 0.3) is 5.91 Å². The molecule has 2 aliphatic carbocycles. The van der Waals surface area contributed by atoms with Crippen LogP contribution in [0.2, 0.25) is 0 Å². The van der Waals surface area contributed by atoms with Crippen molar-refractivity contribution in [1.82, 2.24) is 20.9 Å². The van der Waals surface area contributed by atoms with E-state index in [9.17, 15) is 28.8 Å². The average Bonchev–Trinajstić information content (AvgIpc) is 3.61. The van der Waals surface area contributed by atoms with E-state index in [0.717, 1.165) is 69.9 Å². The van der Waals surface area contributed by atoms with Crippen LogP contribution in [0.5, 0.6) is 0 Å². The van der Waals surface area contributed by atoms with Crippen LogP contribution >= 0.6 is 0 Å². The molecule has 1 aromatic rings. The number of esters is 1. The third-order valence-electron chi connectivity index (χ3n) is 11.9. The minimum absolute atomic E-state index is 0.0306. The zero-order valence-corrected chi connectivity index (χ0v) is 37.6. The van der Waals surface area contributed by atoms with E-state index in [0.29, 0.717) is 37.5 Å². The Bertz CT molecular complexity index is 1470. The van der Waals surface area contributed by atoms with E-state index in [1.54, 1.807) is 0 Å². The number of terminal acetylenes is 1. The number of Topliss-reactive ketones (excluding diaryl/α,β-unsaturated/α-hetero) is 1. The second-order valence-electron chi connectivity index (χ2n) is 17.6. The maximum Gasteiger partial charge on any atom is 0.332 e. The third kappa shape index (κ3) is 16.6. The molecule has 4 rings (SSSR count). The molecule has 5 atom stereocenters. The van der Waals surface area contributed by atoms with Gasteiger partial charge in [0.2, 0.25) is 18.1 Å². The van der Waals surface area contributed by atoms with Gasteiger partial charge in [-0.2, -0.15) is 0 Å². The van der Waals surface area contributed by atoms with Gasteiger partial charge in [-0.15, -0.1) is 12.8 Å². The number of carbonyl (C=O) groups is 6.